The minimum absolute atomic E-state index is 0.150. The lowest BCUT2D eigenvalue weighted by atomic mass is 10.0. The molecule has 2 aromatic rings. The Kier molecular flexibility index (Phi) is 8.21. The first-order valence-electron chi connectivity index (χ1n) is 11.1. The Morgan fingerprint density at radius 1 is 1.11 bits per heavy atom. The molecular weight excluding hydrogens is 501 g/mol. The summed E-state index contributed by atoms with van der Waals surface area (Å²) in [6, 6.07) is 9.05. The minimum Gasteiger partial charge on any atom is -0.493 e. The van der Waals surface area contributed by atoms with Gasteiger partial charge in [0.05, 0.1) is 19.3 Å². The van der Waals surface area contributed by atoms with E-state index in [1.54, 1.807) is 15.8 Å². The van der Waals surface area contributed by atoms with Crippen LogP contribution in [0.2, 0.25) is 0 Å². The first kappa shape index (κ1) is 25.6. The van der Waals surface area contributed by atoms with Crippen molar-refractivity contribution >= 4 is 29.8 Å². The molecule has 0 radical (unpaired) electrons. The van der Waals surface area contributed by atoms with Crippen molar-refractivity contribution in [3.8, 4) is 5.75 Å². The molecule has 0 spiro atoms. The maximum atomic E-state index is 14.6. The van der Waals surface area contributed by atoms with Gasteiger partial charge in [0, 0.05) is 36.4 Å². The van der Waals surface area contributed by atoms with E-state index in [1.807, 2.05) is 18.2 Å². The van der Waals surface area contributed by atoms with E-state index in [9.17, 15) is 27.6 Å². The molecular formula is C23H23F3N4O5S. The van der Waals surface area contributed by atoms with Gasteiger partial charge in [-0.05, 0) is 53.4 Å². The minimum atomic E-state index is -3.30. The van der Waals surface area contributed by atoms with Crippen molar-refractivity contribution in [2.45, 2.75) is 30.3 Å². The molecule has 0 aromatic heterocycles. The molecule has 4 rings (SSSR count). The van der Waals surface area contributed by atoms with Crippen LogP contribution in [0.25, 0.3) is 0 Å². The number of urea groups is 1. The highest BCUT2D eigenvalue weighted by Crippen LogP contribution is 2.29. The Hall–Kier alpha value is -3.45. The Balaban J connectivity index is 1.28. The molecule has 4 amide bonds. The average molecular weight is 525 g/mol. The number of alkyl halides is 2. The standard InChI is InChI=1S/C23H23F3N4O5S/c24-18-11-15(21(31)27-28-22(32)20(25)26)2-1-13(18)9-16-12-30(6-8-34-16)23(33)29-36-17-3-4-19-14(10-17)5-7-35-19/h1-4,10-11,16,20H,5-9,12H2,(H,27,31)(H,28,32)(H,29,33). The first-order valence-corrected chi connectivity index (χ1v) is 11.9. The summed E-state index contributed by atoms with van der Waals surface area (Å²) in [5.74, 6) is -2.46. The van der Waals surface area contributed by atoms with Crippen LogP contribution in [0.3, 0.4) is 0 Å². The van der Waals surface area contributed by atoms with E-state index in [0.717, 1.165) is 28.7 Å². The maximum Gasteiger partial charge on any atom is 0.327 e. The van der Waals surface area contributed by atoms with Gasteiger partial charge in [-0.1, -0.05) is 6.07 Å². The number of fused-ring (bicyclic) bond motifs is 1. The number of nitrogens with one attached hydrogen (secondary N) is 3. The van der Waals surface area contributed by atoms with Crippen molar-refractivity contribution < 1.29 is 37.0 Å². The second-order valence-corrected chi connectivity index (χ2v) is 8.95. The summed E-state index contributed by atoms with van der Waals surface area (Å²) in [5.41, 5.74) is 4.53. The predicted octanol–water partition coefficient (Wildman–Crippen LogP) is 2.45. The van der Waals surface area contributed by atoms with Crippen LogP contribution in [-0.2, 0) is 22.4 Å². The normalized spacial score (nSPS) is 16.8. The van der Waals surface area contributed by atoms with Gasteiger partial charge in [-0.3, -0.25) is 25.2 Å². The Bertz CT molecular complexity index is 1150. The number of carbonyl (C=O) groups is 3. The highest BCUT2D eigenvalue weighted by Gasteiger charge is 2.26. The molecule has 9 nitrogen and oxygen atoms in total. The van der Waals surface area contributed by atoms with E-state index < -0.39 is 30.2 Å². The number of hydrogen-bond donors (Lipinski definition) is 3. The van der Waals surface area contributed by atoms with Crippen LogP contribution in [0.15, 0.2) is 41.3 Å². The molecule has 3 N–H and O–H groups in total. The number of halogens is 3. The molecule has 2 aliphatic rings. The van der Waals surface area contributed by atoms with Crippen LogP contribution in [0.5, 0.6) is 5.75 Å². The third-order valence-electron chi connectivity index (χ3n) is 5.60. The fraction of sp³-hybridized carbons (Fsp3) is 0.348. The molecule has 1 unspecified atom stereocenters. The molecule has 1 atom stereocenters. The number of nitrogens with zero attached hydrogens (tertiary/aromatic N) is 1. The number of hydrazine groups is 1. The largest absolute Gasteiger partial charge is 0.493 e. The van der Waals surface area contributed by atoms with Gasteiger partial charge in [-0.2, -0.15) is 8.78 Å². The zero-order chi connectivity index (χ0) is 25.7. The lowest BCUT2D eigenvalue weighted by Gasteiger charge is -2.33. The van der Waals surface area contributed by atoms with Gasteiger partial charge in [0.2, 0.25) is 0 Å². The van der Waals surface area contributed by atoms with Gasteiger partial charge in [-0.15, -0.1) is 0 Å². The Morgan fingerprint density at radius 2 is 1.94 bits per heavy atom. The molecule has 2 aromatic carbocycles. The fourth-order valence-electron chi connectivity index (χ4n) is 3.77. The summed E-state index contributed by atoms with van der Waals surface area (Å²) in [6.45, 7) is 1.56. The van der Waals surface area contributed by atoms with Crippen molar-refractivity contribution in [3.63, 3.8) is 0 Å². The van der Waals surface area contributed by atoms with Gasteiger partial charge < -0.3 is 14.4 Å². The number of morpholine rings is 1. The van der Waals surface area contributed by atoms with E-state index >= 15 is 0 Å². The number of benzene rings is 2. The highest BCUT2D eigenvalue weighted by molar-refractivity contribution is 7.98. The van der Waals surface area contributed by atoms with E-state index in [2.05, 4.69) is 4.72 Å². The van der Waals surface area contributed by atoms with Crippen molar-refractivity contribution in [3.05, 3.63) is 58.9 Å². The van der Waals surface area contributed by atoms with Crippen molar-refractivity contribution in [2.24, 2.45) is 0 Å². The number of carbonyl (C=O) groups excluding carboxylic acids is 3. The Labute approximate surface area is 208 Å². The van der Waals surface area contributed by atoms with Gasteiger partial charge in [-0.25, -0.2) is 9.18 Å². The van der Waals surface area contributed by atoms with Gasteiger partial charge in [0.15, 0.2) is 0 Å². The molecule has 1 saturated heterocycles. The second kappa shape index (κ2) is 11.5. The van der Waals surface area contributed by atoms with Crippen LogP contribution in [0, 0.1) is 5.82 Å². The van der Waals surface area contributed by atoms with Gasteiger partial charge in [0.25, 0.3) is 5.91 Å². The smallest absolute Gasteiger partial charge is 0.327 e. The third kappa shape index (κ3) is 6.40. The number of rotatable bonds is 6. The maximum absolute atomic E-state index is 14.6. The molecule has 2 aliphatic heterocycles. The Morgan fingerprint density at radius 3 is 2.72 bits per heavy atom. The van der Waals surface area contributed by atoms with Crippen LogP contribution >= 0.6 is 11.9 Å². The van der Waals surface area contributed by atoms with Crippen LogP contribution in [0.1, 0.15) is 21.5 Å². The number of amides is 4. The molecule has 36 heavy (non-hydrogen) atoms. The third-order valence-corrected chi connectivity index (χ3v) is 6.37. The van der Waals surface area contributed by atoms with Crippen LogP contribution < -0.4 is 20.3 Å². The molecule has 2 heterocycles. The molecule has 13 heteroatoms. The summed E-state index contributed by atoms with van der Waals surface area (Å²) in [5, 5.41) is 0. The zero-order valence-electron chi connectivity index (χ0n) is 18.9. The lowest BCUT2D eigenvalue weighted by Crippen LogP contribution is -2.49. The summed E-state index contributed by atoms with van der Waals surface area (Å²) in [7, 11) is 0. The molecule has 0 aliphatic carbocycles. The van der Waals surface area contributed by atoms with Gasteiger partial charge in [0.1, 0.15) is 11.6 Å². The second-order valence-electron chi connectivity index (χ2n) is 8.07. The summed E-state index contributed by atoms with van der Waals surface area (Å²) in [4.78, 5) is 37.9. The van der Waals surface area contributed by atoms with Gasteiger partial charge >= 0.3 is 18.4 Å². The van der Waals surface area contributed by atoms with Crippen LogP contribution in [-0.4, -0.2) is 61.6 Å². The highest BCUT2D eigenvalue weighted by atomic mass is 32.2. The average Bonchev–Trinajstić information content (AvgIpc) is 3.35. The summed E-state index contributed by atoms with van der Waals surface area (Å²) >= 11 is 1.20. The van der Waals surface area contributed by atoms with Crippen molar-refractivity contribution in [2.75, 3.05) is 26.3 Å². The van der Waals surface area contributed by atoms with E-state index in [0.29, 0.717) is 13.2 Å². The number of ether oxygens (including phenoxy) is 2. The van der Waals surface area contributed by atoms with E-state index in [-0.39, 0.29) is 36.7 Å². The first-order chi connectivity index (χ1) is 17.3. The summed E-state index contributed by atoms with van der Waals surface area (Å²) < 4.78 is 53.0. The van der Waals surface area contributed by atoms with Crippen LogP contribution in [0.4, 0.5) is 18.0 Å². The molecule has 192 valence electrons. The van der Waals surface area contributed by atoms with E-state index in [4.69, 9.17) is 9.47 Å². The lowest BCUT2D eigenvalue weighted by molar-refractivity contribution is -0.132. The topological polar surface area (TPSA) is 109 Å². The zero-order valence-corrected chi connectivity index (χ0v) is 19.7. The molecule has 1 fully saturated rings. The molecule has 0 saturated carbocycles. The van der Waals surface area contributed by atoms with Crippen molar-refractivity contribution in [1.29, 1.82) is 0 Å². The summed E-state index contributed by atoms with van der Waals surface area (Å²) in [6.07, 6.45) is -2.78. The van der Waals surface area contributed by atoms with E-state index in [1.165, 1.54) is 24.1 Å². The SMILES string of the molecule is O=C(NNC(=O)C(F)F)c1ccc(CC2CN(C(=O)NSc3ccc4c(c3)CCO4)CCO2)c(F)c1. The van der Waals surface area contributed by atoms with Crippen molar-refractivity contribution in [1.82, 2.24) is 20.5 Å². The number of hydrogen-bond acceptors (Lipinski definition) is 6. The monoisotopic (exact) mass is 524 g/mol. The molecule has 0 bridgehead atoms. The predicted molar refractivity (Wildman–Crippen MR) is 123 cm³/mol. The fourth-order valence-corrected chi connectivity index (χ4v) is 4.44. The quantitative estimate of drug-likeness (QED) is 0.396.